The highest BCUT2D eigenvalue weighted by atomic mass is 19.4. The lowest BCUT2D eigenvalue weighted by Gasteiger charge is -2.29. The number of nitrogens with zero attached hydrogens (tertiary/aromatic N) is 1. The van der Waals surface area contributed by atoms with E-state index in [1.807, 2.05) is 0 Å². The second kappa shape index (κ2) is 7.92. The molecule has 1 unspecified atom stereocenters. The van der Waals surface area contributed by atoms with Crippen LogP contribution in [0.4, 0.5) is 17.6 Å². The second-order valence-electron chi connectivity index (χ2n) is 5.97. The molecule has 2 aliphatic heterocycles. The van der Waals surface area contributed by atoms with Gasteiger partial charge in [-0.1, -0.05) is 6.07 Å². The first-order valence-corrected chi connectivity index (χ1v) is 7.92. The van der Waals surface area contributed by atoms with Crippen LogP contribution in [0.2, 0.25) is 0 Å². The first-order valence-electron chi connectivity index (χ1n) is 7.92. The highest BCUT2D eigenvalue weighted by molar-refractivity contribution is 6.05. The molecule has 1 saturated heterocycles. The zero-order valence-corrected chi connectivity index (χ0v) is 14.2. The number of hydrogen-bond acceptors (Lipinski definition) is 5. The Morgan fingerprint density at radius 3 is 2.39 bits per heavy atom. The van der Waals surface area contributed by atoms with Gasteiger partial charge in [-0.2, -0.15) is 13.2 Å². The van der Waals surface area contributed by atoms with E-state index in [-0.39, 0.29) is 48.9 Å². The van der Waals surface area contributed by atoms with Gasteiger partial charge in [0.2, 0.25) is 11.8 Å². The minimum Gasteiger partial charge on any atom is -0.475 e. The van der Waals surface area contributed by atoms with Crippen molar-refractivity contribution in [1.29, 1.82) is 0 Å². The Kier molecular flexibility index (Phi) is 6.02. The van der Waals surface area contributed by atoms with Crippen molar-refractivity contribution < 1.29 is 41.8 Å². The lowest BCUT2D eigenvalue weighted by atomic mass is 10.0. The van der Waals surface area contributed by atoms with Crippen LogP contribution < -0.4 is 11.1 Å². The number of carboxylic acids is 1. The van der Waals surface area contributed by atoms with E-state index in [9.17, 15) is 31.9 Å². The van der Waals surface area contributed by atoms with Gasteiger partial charge >= 0.3 is 12.1 Å². The van der Waals surface area contributed by atoms with E-state index in [0.29, 0.717) is 5.56 Å². The smallest absolute Gasteiger partial charge is 0.475 e. The number of amides is 3. The molecule has 0 aliphatic carbocycles. The molecule has 0 saturated carbocycles. The van der Waals surface area contributed by atoms with E-state index in [0.717, 1.165) is 0 Å². The number of piperidine rings is 1. The van der Waals surface area contributed by atoms with Crippen LogP contribution in [-0.2, 0) is 27.5 Å². The van der Waals surface area contributed by atoms with Crippen molar-refractivity contribution in [2.75, 3.05) is 0 Å². The number of carbonyl (C=O) groups excluding carboxylic acids is 3. The SMILES string of the molecule is NCc1ccc2c(c1F)CN(C1CCC(=O)NC1=O)C2=O.O=C(O)C(F)(F)F. The largest absolute Gasteiger partial charge is 0.490 e. The summed E-state index contributed by atoms with van der Waals surface area (Å²) >= 11 is 0. The molecule has 0 radical (unpaired) electrons. The van der Waals surface area contributed by atoms with Gasteiger partial charge in [-0.3, -0.25) is 19.7 Å². The monoisotopic (exact) mass is 405 g/mol. The normalized spacial score (nSPS) is 19.0. The van der Waals surface area contributed by atoms with Gasteiger partial charge in [0.25, 0.3) is 5.91 Å². The Morgan fingerprint density at radius 2 is 1.89 bits per heavy atom. The van der Waals surface area contributed by atoms with Crippen LogP contribution in [0, 0.1) is 5.82 Å². The fourth-order valence-corrected chi connectivity index (χ4v) is 2.81. The standard InChI is InChI=1S/C14H14FN3O3.C2HF3O2/c15-12-7(5-16)1-2-8-9(12)6-18(14(8)21)10-3-4-11(19)17-13(10)20;3-2(4,5)1(6)7/h1-2,10H,3-6,16H2,(H,17,19,20);(H,6,7). The summed E-state index contributed by atoms with van der Waals surface area (Å²) in [6.07, 6.45) is -4.65. The Bertz CT molecular complexity index is 840. The van der Waals surface area contributed by atoms with Gasteiger partial charge < -0.3 is 15.7 Å². The van der Waals surface area contributed by atoms with E-state index >= 15 is 0 Å². The predicted molar refractivity (Wildman–Crippen MR) is 84.0 cm³/mol. The second-order valence-corrected chi connectivity index (χ2v) is 5.97. The van der Waals surface area contributed by atoms with Crippen molar-refractivity contribution >= 4 is 23.7 Å². The van der Waals surface area contributed by atoms with Crippen molar-refractivity contribution in [3.8, 4) is 0 Å². The number of nitrogens with one attached hydrogen (secondary N) is 1. The molecule has 1 fully saturated rings. The molecule has 3 amide bonds. The highest BCUT2D eigenvalue weighted by Gasteiger charge is 2.40. The van der Waals surface area contributed by atoms with Crippen LogP contribution in [0.5, 0.6) is 0 Å². The summed E-state index contributed by atoms with van der Waals surface area (Å²) in [4.78, 5) is 45.6. The van der Waals surface area contributed by atoms with Crippen molar-refractivity contribution in [2.45, 2.75) is 38.1 Å². The minimum absolute atomic E-state index is 0.0279. The summed E-state index contributed by atoms with van der Waals surface area (Å²) in [7, 11) is 0. The number of rotatable bonds is 2. The molecule has 12 heteroatoms. The Labute approximate surface area is 155 Å². The zero-order valence-electron chi connectivity index (χ0n) is 14.2. The summed E-state index contributed by atoms with van der Waals surface area (Å²) in [6, 6.07) is 2.29. The maximum Gasteiger partial charge on any atom is 0.490 e. The van der Waals surface area contributed by atoms with Crippen molar-refractivity contribution in [2.24, 2.45) is 5.73 Å². The number of alkyl halides is 3. The summed E-state index contributed by atoms with van der Waals surface area (Å²) in [6.45, 7) is 0.0752. The number of imide groups is 1. The molecule has 1 aromatic rings. The maximum absolute atomic E-state index is 14.2. The third kappa shape index (κ3) is 4.27. The molecule has 3 rings (SSSR count). The van der Waals surface area contributed by atoms with E-state index in [4.69, 9.17) is 15.6 Å². The third-order valence-electron chi connectivity index (χ3n) is 4.19. The summed E-state index contributed by atoms with van der Waals surface area (Å²) in [5.41, 5.74) is 6.32. The quantitative estimate of drug-likeness (QED) is 0.490. The van der Waals surface area contributed by atoms with Gasteiger partial charge in [0.05, 0.1) is 6.54 Å². The third-order valence-corrected chi connectivity index (χ3v) is 4.19. The molecule has 0 aromatic heterocycles. The summed E-state index contributed by atoms with van der Waals surface area (Å²) < 4.78 is 46.0. The number of fused-ring (bicyclic) bond motifs is 1. The topological polar surface area (TPSA) is 130 Å². The lowest BCUT2D eigenvalue weighted by Crippen LogP contribution is -2.52. The molecule has 8 nitrogen and oxygen atoms in total. The van der Waals surface area contributed by atoms with E-state index < -0.39 is 29.9 Å². The molecular weight excluding hydrogens is 390 g/mol. The Morgan fingerprint density at radius 1 is 1.29 bits per heavy atom. The number of hydrogen-bond donors (Lipinski definition) is 3. The van der Waals surface area contributed by atoms with Crippen LogP contribution in [0.25, 0.3) is 0 Å². The van der Waals surface area contributed by atoms with E-state index in [1.165, 1.54) is 17.0 Å². The first-order chi connectivity index (χ1) is 13.0. The van der Waals surface area contributed by atoms with Crippen LogP contribution in [0.1, 0.15) is 34.3 Å². The minimum atomic E-state index is -5.08. The lowest BCUT2D eigenvalue weighted by molar-refractivity contribution is -0.192. The fourth-order valence-electron chi connectivity index (χ4n) is 2.81. The van der Waals surface area contributed by atoms with Crippen molar-refractivity contribution in [3.63, 3.8) is 0 Å². The number of aliphatic carboxylic acids is 1. The molecule has 28 heavy (non-hydrogen) atoms. The molecule has 152 valence electrons. The predicted octanol–water partition coefficient (Wildman–Crippen LogP) is 0.679. The average molecular weight is 405 g/mol. The van der Waals surface area contributed by atoms with Crippen LogP contribution in [0.15, 0.2) is 12.1 Å². The van der Waals surface area contributed by atoms with Crippen LogP contribution in [0.3, 0.4) is 0 Å². The van der Waals surface area contributed by atoms with Gasteiger partial charge in [0.1, 0.15) is 11.9 Å². The molecule has 2 aliphatic rings. The molecule has 0 bridgehead atoms. The number of carboxylic acid groups (broad SMARTS) is 1. The molecule has 1 aromatic carbocycles. The molecule has 2 heterocycles. The van der Waals surface area contributed by atoms with E-state index in [2.05, 4.69) is 5.32 Å². The summed E-state index contributed by atoms with van der Waals surface area (Å²) in [5.74, 6) is -4.49. The molecule has 1 atom stereocenters. The number of halogens is 4. The van der Waals surface area contributed by atoms with Crippen molar-refractivity contribution in [3.05, 3.63) is 34.6 Å². The number of nitrogens with two attached hydrogens (primary N) is 1. The van der Waals surface area contributed by atoms with Gasteiger partial charge in [0.15, 0.2) is 0 Å². The van der Waals surface area contributed by atoms with E-state index in [1.54, 1.807) is 0 Å². The van der Waals surface area contributed by atoms with Gasteiger partial charge in [0, 0.05) is 29.7 Å². The van der Waals surface area contributed by atoms with Gasteiger partial charge in [-0.05, 0) is 12.5 Å². The maximum atomic E-state index is 14.2. The Balaban J connectivity index is 0.000000345. The highest BCUT2D eigenvalue weighted by Crippen LogP contribution is 2.30. The van der Waals surface area contributed by atoms with Crippen LogP contribution in [-0.4, -0.2) is 45.9 Å². The average Bonchev–Trinajstić information content (AvgIpc) is 2.93. The fraction of sp³-hybridized carbons (Fsp3) is 0.375. The zero-order chi connectivity index (χ0) is 21.2. The van der Waals surface area contributed by atoms with Gasteiger partial charge in [-0.25, -0.2) is 9.18 Å². The van der Waals surface area contributed by atoms with Crippen LogP contribution >= 0.6 is 0 Å². The number of carbonyl (C=O) groups is 4. The molecular formula is C16H15F4N3O5. The first kappa shape index (κ1) is 21.3. The van der Waals surface area contributed by atoms with Crippen molar-refractivity contribution in [1.82, 2.24) is 10.2 Å². The molecule has 4 N–H and O–H groups in total. The number of benzene rings is 1. The Hall–Kier alpha value is -3.02. The molecule has 0 spiro atoms. The van der Waals surface area contributed by atoms with Gasteiger partial charge in [-0.15, -0.1) is 0 Å². The summed E-state index contributed by atoms with van der Waals surface area (Å²) in [5, 5.41) is 9.33.